The van der Waals surface area contributed by atoms with Gasteiger partial charge >= 0.3 is 6.18 Å². The van der Waals surface area contributed by atoms with Crippen molar-refractivity contribution in [3.63, 3.8) is 0 Å². The van der Waals surface area contributed by atoms with Gasteiger partial charge in [-0.05, 0) is 62.1 Å². The van der Waals surface area contributed by atoms with Crippen LogP contribution >= 0.6 is 0 Å². The molecule has 0 spiro atoms. The van der Waals surface area contributed by atoms with Crippen molar-refractivity contribution in [2.24, 2.45) is 4.40 Å². The van der Waals surface area contributed by atoms with Crippen molar-refractivity contribution in [1.82, 2.24) is 9.88 Å². The van der Waals surface area contributed by atoms with Gasteiger partial charge in [-0.25, -0.2) is 8.42 Å². The highest BCUT2D eigenvalue weighted by Gasteiger charge is 2.53. The second-order valence-corrected chi connectivity index (χ2v) is 9.97. The van der Waals surface area contributed by atoms with Crippen LogP contribution in [0, 0.1) is 0 Å². The average Bonchev–Trinajstić information content (AvgIpc) is 2.74. The largest absolute Gasteiger partial charge is 0.456 e. The maximum atomic E-state index is 12.7. The van der Waals surface area contributed by atoms with E-state index in [2.05, 4.69) is 14.3 Å². The zero-order valence-corrected chi connectivity index (χ0v) is 17.3. The Morgan fingerprint density at radius 1 is 1.03 bits per heavy atom. The zero-order chi connectivity index (χ0) is 21.9. The van der Waals surface area contributed by atoms with Gasteiger partial charge in [0.15, 0.2) is 0 Å². The van der Waals surface area contributed by atoms with E-state index >= 15 is 0 Å². The average molecular weight is 451 g/mol. The van der Waals surface area contributed by atoms with Crippen molar-refractivity contribution in [1.29, 1.82) is 0 Å². The predicted octanol–water partition coefficient (Wildman–Crippen LogP) is 4.13. The van der Waals surface area contributed by atoms with E-state index in [1.54, 1.807) is 12.1 Å². The molecule has 4 aliphatic rings. The SMILES string of the molecule is O=S1(=O)CCN2C(=N1)C1(c3ccc(Oc4ccc(C(F)(F)F)cc4)cn3)CCC2CC1. The molecule has 0 radical (unpaired) electrons. The first-order chi connectivity index (χ1) is 14.7. The molecule has 164 valence electrons. The van der Waals surface area contributed by atoms with E-state index in [1.807, 2.05) is 0 Å². The number of alkyl halides is 3. The molecule has 6 nitrogen and oxygen atoms in total. The van der Waals surface area contributed by atoms with Crippen molar-refractivity contribution >= 4 is 15.9 Å². The molecule has 0 amide bonds. The van der Waals surface area contributed by atoms with Crippen molar-refractivity contribution in [3.05, 3.63) is 53.9 Å². The number of piperidine rings is 2. The number of sulfonamides is 1. The highest BCUT2D eigenvalue weighted by Crippen LogP contribution is 2.48. The van der Waals surface area contributed by atoms with Gasteiger partial charge in [0.05, 0.1) is 28.6 Å². The van der Waals surface area contributed by atoms with Crippen LogP contribution < -0.4 is 4.74 Å². The van der Waals surface area contributed by atoms with Crippen LogP contribution in [-0.4, -0.2) is 42.5 Å². The summed E-state index contributed by atoms with van der Waals surface area (Å²) in [6.07, 6.45) is 0.617. The lowest BCUT2D eigenvalue weighted by Gasteiger charge is -2.54. The van der Waals surface area contributed by atoms with Crippen LogP contribution in [0.15, 0.2) is 47.0 Å². The highest BCUT2D eigenvalue weighted by molar-refractivity contribution is 7.90. The number of fused-ring (bicyclic) bond motifs is 2. The number of aromatic nitrogens is 1. The van der Waals surface area contributed by atoms with E-state index in [1.165, 1.54) is 18.3 Å². The molecule has 3 fully saturated rings. The Kier molecular flexibility index (Phi) is 4.55. The molecule has 1 aliphatic carbocycles. The van der Waals surface area contributed by atoms with Crippen LogP contribution in [0.25, 0.3) is 0 Å². The van der Waals surface area contributed by atoms with Crippen LogP contribution in [-0.2, 0) is 21.6 Å². The number of halogens is 3. The van der Waals surface area contributed by atoms with Crippen molar-refractivity contribution in [3.8, 4) is 11.5 Å². The number of benzene rings is 1. The summed E-state index contributed by atoms with van der Waals surface area (Å²) in [7, 11) is -3.47. The minimum atomic E-state index is -4.40. The van der Waals surface area contributed by atoms with Crippen molar-refractivity contribution in [2.75, 3.05) is 12.3 Å². The van der Waals surface area contributed by atoms with Gasteiger partial charge in [0, 0.05) is 12.6 Å². The monoisotopic (exact) mass is 451 g/mol. The second-order valence-electron chi connectivity index (χ2n) is 8.21. The number of ether oxygens (including phenoxy) is 1. The molecule has 0 N–H and O–H groups in total. The van der Waals surface area contributed by atoms with Gasteiger partial charge in [-0.1, -0.05) is 0 Å². The van der Waals surface area contributed by atoms with Gasteiger partial charge in [0.1, 0.15) is 17.3 Å². The number of amidine groups is 1. The molecule has 1 aromatic heterocycles. The summed E-state index contributed by atoms with van der Waals surface area (Å²) in [5.74, 6) is 1.30. The summed E-state index contributed by atoms with van der Waals surface area (Å²) in [5.41, 5.74) is -0.533. The number of nitrogens with zero attached hydrogens (tertiary/aromatic N) is 3. The van der Waals surface area contributed by atoms with E-state index in [9.17, 15) is 21.6 Å². The lowest BCUT2D eigenvalue weighted by molar-refractivity contribution is -0.137. The molecule has 4 heterocycles. The Morgan fingerprint density at radius 2 is 1.71 bits per heavy atom. The summed E-state index contributed by atoms with van der Waals surface area (Å²) in [4.78, 5) is 6.68. The number of pyridine rings is 1. The molecule has 2 bridgehead atoms. The Hall–Kier alpha value is -2.62. The van der Waals surface area contributed by atoms with Crippen molar-refractivity contribution < 1.29 is 26.3 Å². The summed E-state index contributed by atoms with van der Waals surface area (Å²) in [6.45, 7) is 0.461. The molecule has 31 heavy (non-hydrogen) atoms. The van der Waals surface area contributed by atoms with E-state index in [-0.39, 0.29) is 11.5 Å². The Labute approximate surface area is 177 Å². The number of rotatable bonds is 3. The number of hydrogen-bond donors (Lipinski definition) is 0. The van der Waals surface area contributed by atoms with Gasteiger partial charge in [-0.3, -0.25) is 4.98 Å². The summed E-state index contributed by atoms with van der Waals surface area (Å²) in [6, 6.07) is 8.29. The third kappa shape index (κ3) is 3.56. The van der Waals surface area contributed by atoms with Crippen LogP contribution in [0.1, 0.15) is 36.9 Å². The first kappa shape index (κ1) is 20.3. The normalized spacial score (nSPS) is 26.9. The van der Waals surface area contributed by atoms with Crippen LogP contribution in [0.3, 0.4) is 0 Å². The van der Waals surface area contributed by atoms with E-state index in [0.29, 0.717) is 24.2 Å². The second kappa shape index (κ2) is 6.94. The minimum Gasteiger partial charge on any atom is -0.456 e. The molecule has 6 rings (SSSR count). The fraction of sp³-hybridized carbons (Fsp3) is 0.429. The molecule has 1 saturated carbocycles. The van der Waals surface area contributed by atoms with E-state index in [0.717, 1.165) is 43.5 Å². The Bertz CT molecular complexity index is 1120. The lowest BCUT2D eigenvalue weighted by Crippen LogP contribution is -2.63. The summed E-state index contributed by atoms with van der Waals surface area (Å²) < 4.78 is 72.2. The summed E-state index contributed by atoms with van der Waals surface area (Å²) in [5, 5.41) is 0. The fourth-order valence-electron chi connectivity index (χ4n) is 4.84. The van der Waals surface area contributed by atoms with Crippen LogP contribution in [0.4, 0.5) is 13.2 Å². The van der Waals surface area contributed by atoms with E-state index in [4.69, 9.17) is 4.74 Å². The van der Waals surface area contributed by atoms with Crippen LogP contribution in [0.5, 0.6) is 11.5 Å². The molecule has 2 aromatic rings. The standard InChI is InChI=1S/C21H20F3N3O3S/c22-21(23,24)14-1-3-16(4-2-14)30-17-5-6-18(25-13-17)20-9-7-15(8-10-20)27-11-12-31(28,29)26-19(20)27/h1-6,13,15H,7-12H2. The molecular weight excluding hydrogens is 431 g/mol. The Morgan fingerprint density at radius 3 is 2.32 bits per heavy atom. The van der Waals surface area contributed by atoms with Crippen LogP contribution in [0.2, 0.25) is 0 Å². The first-order valence-corrected chi connectivity index (χ1v) is 11.7. The van der Waals surface area contributed by atoms with Gasteiger partial charge in [-0.15, -0.1) is 4.40 Å². The molecule has 10 heteroatoms. The molecule has 0 atom stereocenters. The van der Waals surface area contributed by atoms with Gasteiger partial charge in [0.25, 0.3) is 10.0 Å². The molecule has 1 aromatic carbocycles. The van der Waals surface area contributed by atoms with E-state index < -0.39 is 27.2 Å². The van der Waals surface area contributed by atoms with Gasteiger partial charge in [0.2, 0.25) is 0 Å². The molecule has 2 saturated heterocycles. The predicted molar refractivity (Wildman–Crippen MR) is 108 cm³/mol. The zero-order valence-electron chi connectivity index (χ0n) is 16.5. The molecule has 0 unspecified atom stereocenters. The Balaban J connectivity index is 1.41. The molecule has 3 aliphatic heterocycles. The lowest BCUT2D eigenvalue weighted by atomic mass is 9.64. The topological polar surface area (TPSA) is 71.9 Å². The quantitative estimate of drug-likeness (QED) is 0.702. The van der Waals surface area contributed by atoms with Crippen molar-refractivity contribution in [2.45, 2.75) is 43.3 Å². The third-order valence-corrected chi connectivity index (χ3v) is 7.56. The van der Waals surface area contributed by atoms with Gasteiger partial charge in [-0.2, -0.15) is 13.2 Å². The maximum absolute atomic E-state index is 12.7. The fourth-order valence-corrected chi connectivity index (χ4v) is 5.90. The highest BCUT2D eigenvalue weighted by atomic mass is 32.2. The van der Waals surface area contributed by atoms with Gasteiger partial charge < -0.3 is 9.64 Å². The first-order valence-electron chi connectivity index (χ1n) is 10.1. The number of hydrogen-bond acceptors (Lipinski definition) is 5. The maximum Gasteiger partial charge on any atom is 0.416 e. The third-order valence-electron chi connectivity index (χ3n) is 6.41. The summed E-state index contributed by atoms with van der Waals surface area (Å²) >= 11 is 0. The molecular formula is C21H20F3N3O3S. The smallest absolute Gasteiger partial charge is 0.416 e. The minimum absolute atomic E-state index is 0.0381.